The number of aliphatic hydroxyl groups excluding tert-OH is 1. The lowest BCUT2D eigenvalue weighted by Gasteiger charge is -2.21. The van der Waals surface area contributed by atoms with Gasteiger partial charge in [0.1, 0.15) is 0 Å². The fraction of sp³-hybridized carbons (Fsp3) is 0.533. The molecule has 6 heteroatoms. The molecule has 0 radical (unpaired) electrons. The number of carbonyl (C=O) groups is 1. The molecule has 1 heterocycles. The predicted molar refractivity (Wildman–Crippen MR) is 77.6 cm³/mol. The van der Waals surface area contributed by atoms with E-state index in [1.165, 1.54) is 0 Å². The second-order valence-corrected chi connectivity index (χ2v) is 5.24. The standard InChI is InChI=1S/C15H19ClO5/c1-3-5-10(15(18)19-4-2)13(17)9-6-11(16)14-12(7-9)20-8-21-14/h6-7,10,13,17H,3-5,8H2,1-2H3. The Morgan fingerprint density at radius 1 is 1.43 bits per heavy atom. The van der Waals surface area contributed by atoms with E-state index >= 15 is 0 Å². The highest BCUT2D eigenvalue weighted by Gasteiger charge is 2.30. The van der Waals surface area contributed by atoms with E-state index in [9.17, 15) is 9.90 Å². The minimum atomic E-state index is -0.990. The summed E-state index contributed by atoms with van der Waals surface area (Å²) in [5.74, 6) is -0.0709. The first-order valence-electron chi connectivity index (χ1n) is 7.02. The van der Waals surface area contributed by atoms with Gasteiger partial charge in [-0.1, -0.05) is 24.9 Å². The molecule has 0 aromatic heterocycles. The summed E-state index contributed by atoms with van der Waals surface area (Å²) in [4.78, 5) is 12.0. The maximum atomic E-state index is 12.0. The highest BCUT2D eigenvalue weighted by molar-refractivity contribution is 6.32. The van der Waals surface area contributed by atoms with E-state index in [4.69, 9.17) is 25.8 Å². The van der Waals surface area contributed by atoms with Gasteiger partial charge in [-0.05, 0) is 31.0 Å². The van der Waals surface area contributed by atoms with Gasteiger partial charge in [-0.25, -0.2) is 0 Å². The average molecular weight is 315 g/mol. The Hall–Kier alpha value is -1.46. The molecule has 1 aliphatic rings. The lowest BCUT2D eigenvalue weighted by Crippen LogP contribution is -2.24. The van der Waals surface area contributed by atoms with Gasteiger partial charge in [-0.15, -0.1) is 0 Å². The van der Waals surface area contributed by atoms with Crippen LogP contribution in [-0.2, 0) is 9.53 Å². The van der Waals surface area contributed by atoms with Crippen molar-refractivity contribution >= 4 is 17.6 Å². The maximum absolute atomic E-state index is 12.0. The van der Waals surface area contributed by atoms with Crippen molar-refractivity contribution in [2.24, 2.45) is 5.92 Å². The quantitative estimate of drug-likeness (QED) is 0.817. The largest absolute Gasteiger partial charge is 0.466 e. The van der Waals surface area contributed by atoms with E-state index in [0.717, 1.165) is 6.42 Å². The molecular weight excluding hydrogens is 296 g/mol. The zero-order valence-electron chi connectivity index (χ0n) is 12.1. The van der Waals surface area contributed by atoms with Crippen LogP contribution in [0.4, 0.5) is 0 Å². The third kappa shape index (κ3) is 3.41. The number of ether oxygens (including phenoxy) is 3. The van der Waals surface area contributed by atoms with Crippen molar-refractivity contribution in [1.82, 2.24) is 0 Å². The summed E-state index contributed by atoms with van der Waals surface area (Å²) in [6.07, 6.45) is 0.307. The summed E-state index contributed by atoms with van der Waals surface area (Å²) in [6, 6.07) is 3.25. The number of carbonyl (C=O) groups excluding carboxylic acids is 1. The molecule has 0 aliphatic carbocycles. The Kier molecular flexibility index (Phi) is 5.31. The van der Waals surface area contributed by atoms with Crippen LogP contribution in [0.5, 0.6) is 11.5 Å². The smallest absolute Gasteiger partial charge is 0.311 e. The fourth-order valence-corrected chi connectivity index (χ4v) is 2.63. The van der Waals surface area contributed by atoms with Gasteiger partial charge in [0.05, 0.1) is 23.7 Å². The number of esters is 1. The molecule has 1 aromatic carbocycles. The first-order chi connectivity index (χ1) is 10.1. The SMILES string of the molecule is CCCC(C(=O)OCC)C(O)c1cc(Cl)c2c(c1)OCO2. The summed E-state index contributed by atoms with van der Waals surface area (Å²) in [5.41, 5.74) is 0.524. The number of aliphatic hydroxyl groups is 1. The molecule has 1 aromatic rings. The number of rotatable bonds is 6. The summed E-state index contributed by atoms with van der Waals surface area (Å²) >= 11 is 6.11. The van der Waals surface area contributed by atoms with Crippen LogP contribution in [-0.4, -0.2) is 24.5 Å². The first kappa shape index (κ1) is 15.9. The van der Waals surface area contributed by atoms with Crippen LogP contribution in [0, 0.1) is 5.92 Å². The number of hydrogen-bond donors (Lipinski definition) is 1. The van der Waals surface area contributed by atoms with Crippen molar-refractivity contribution in [3.63, 3.8) is 0 Å². The Labute approximate surface area is 128 Å². The molecule has 0 amide bonds. The number of halogens is 1. The Morgan fingerprint density at radius 2 is 2.19 bits per heavy atom. The van der Waals surface area contributed by atoms with Crippen LogP contribution in [0.1, 0.15) is 38.4 Å². The van der Waals surface area contributed by atoms with E-state index < -0.39 is 18.0 Å². The molecule has 0 bridgehead atoms. The molecule has 0 spiro atoms. The highest BCUT2D eigenvalue weighted by atomic mass is 35.5. The third-order valence-electron chi connectivity index (χ3n) is 3.36. The van der Waals surface area contributed by atoms with Crippen LogP contribution < -0.4 is 9.47 Å². The zero-order valence-corrected chi connectivity index (χ0v) is 12.9. The monoisotopic (exact) mass is 314 g/mol. The molecule has 1 aliphatic heterocycles. The molecule has 2 atom stereocenters. The lowest BCUT2D eigenvalue weighted by molar-refractivity contribution is -0.152. The van der Waals surface area contributed by atoms with Gasteiger partial charge in [-0.2, -0.15) is 0 Å². The number of fused-ring (bicyclic) bond motifs is 1. The van der Waals surface area contributed by atoms with E-state index in [1.54, 1.807) is 19.1 Å². The minimum absolute atomic E-state index is 0.102. The molecule has 2 rings (SSSR count). The molecule has 0 fully saturated rings. The molecule has 0 saturated heterocycles. The topological polar surface area (TPSA) is 65.0 Å². The van der Waals surface area contributed by atoms with Crippen molar-refractivity contribution in [2.45, 2.75) is 32.8 Å². The van der Waals surface area contributed by atoms with Crippen molar-refractivity contribution in [1.29, 1.82) is 0 Å². The third-order valence-corrected chi connectivity index (χ3v) is 3.64. The Bertz CT molecular complexity index is 517. The average Bonchev–Trinajstić information content (AvgIpc) is 2.93. The predicted octanol–water partition coefficient (Wildman–Crippen LogP) is 3.08. The second kappa shape index (κ2) is 7.00. The van der Waals surface area contributed by atoms with E-state index in [1.807, 2.05) is 6.92 Å². The molecule has 21 heavy (non-hydrogen) atoms. The Balaban J connectivity index is 2.26. The number of benzene rings is 1. The molecule has 116 valence electrons. The summed E-state index contributed by atoms with van der Waals surface area (Å²) in [6.45, 7) is 4.08. The van der Waals surface area contributed by atoms with E-state index in [2.05, 4.69) is 0 Å². The maximum Gasteiger partial charge on any atom is 0.311 e. The minimum Gasteiger partial charge on any atom is -0.466 e. The summed E-state index contributed by atoms with van der Waals surface area (Å²) < 4.78 is 15.5. The Morgan fingerprint density at radius 3 is 2.86 bits per heavy atom. The van der Waals surface area contributed by atoms with Gasteiger partial charge in [-0.3, -0.25) is 4.79 Å². The number of hydrogen-bond acceptors (Lipinski definition) is 5. The van der Waals surface area contributed by atoms with E-state index in [0.29, 0.717) is 28.5 Å². The molecule has 0 saturated carbocycles. The van der Waals surface area contributed by atoms with Crippen LogP contribution >= 0.6 is 11.6 Å². The van der Waals surface area contributed by atoms with Gasteiger partial charge in [0, 0.05) is 0 Å². The molecule has 2 unspecified atom stereocenters. The van der Waals surface area contributed by atoms with Crippen molar-refractivity contribution < 1.29 is 24.1 Å². The van der Waals surface area contributed by atoms with Gasteiger partial charge < -0.3 is 19.3 Å². The summed E-state index contributed by atoms with van der Waals surface area (Å²) in [7, 11) is 0. The van der Waals surface area contributed by atoms with Crippen LogP contribution in [0.3, 0.4) is 0 Å². The van der Waals surface area contributed by atoms with Gasteiger partial charge in [0.15, 0.2) is 11.5 Å². The van der Waals surface area contributed by atoms with Crippen molar-refractivity contribution in [2.75, 3.05) is 13.4 Å². The molecule has 1 N–H and O–H groups in total. The van der Waals surface area contributed by atoms with Gasteiger partial charge >= 0.3 is 5.97 Å². The fourth-order valence-electron chi connectivity index (χ4n) is 2.36. The van der Waals surface area contributed by atoms with Gasteiger partial charge in [0.2, 0.25) is 6.79 Å². The van der Waals surface area contributed by atoms with E-state index in [-0.39, 0.29) is 13.4 Å². The van der Waals surface area contributed by atoms with Crippen molar-refractivity contribution in [3.8, 4) is 11.5 Å². The van der Waals surface area contributed by atoms with Crippen molar-refractivity contribution in [3.05, 3.63) is 22.7 Å². The van der Waals surface area contributed by atoms with Gasteiger partial charge in [0.25, 0.3) is 0 Å². The zero-order chi connectivity index (χ0) is 15.4. The van der Waals surface area contributed by atoms with Crippen LogP contribution in [0.25, 0.3) is 0 Å². The molecule has 5 nitrogen and oxygen atoms in total. The summed E-state index contributed by atoms with van der Waals surface area (Å²) in [5, 5.41) is 10.9. The first-order valence-corrected chi connectivity index (χ1v) is 7.40. The highest BCUT2D eigenvalue weighted by Crippen LogP contribution is 2.42. The normalized spacial score (nSPS) is 15.6. The van der Waals surface area contributed by atoms with Crippen LogP contribution in [0.15, 0.2) is 12.1 Å². The lowest BCUT2D eigenvalue weighted by atomic mass is 9.91. The second-order valence-electron chi connectivity index (χ2n) is 4.83. The van der Waals surface area contributed by atoms with Crippen LogP contribution in [0.2, 0.25) is 5.02 Å². The molecular formula is C15H19ClO5.